The van der Waals surface area contributed by atoms with Crippen LogP contribution in [-0.2, 0) is 6.42 Å². The van der Waals surface area contributed by atoms with E-state index in [-0.39, 0.29) is 5.95 Å². The van der Waals surface area contributed by atoms with Gasteiger partial charge in [0.25, 0.3) is 0 Å². The second-order valence-electron chi connectivity index (χ2n) is 6.45. The first-order valence-corrected chi connectivity index (χ1v) is 8.46. The van der Waals surface area contributed by atoms with E-state index in [0.717, 1.165) is 0 Å². The minimum atomic E-state index is -0.385. The fraction of sp³-hybridized carbons (Fsp3) is 0.450. The summed E-state index contributed by atoms with van der Waals surface area (Å²) >= 11 is 0. The lowest BCUT2D eigenvalue weighted by molar-refractivity contribution is 0.395. The van der Waals surface area contributed by atoms with Gasteiger partial charge in [-0.1, -0.05) is 43.7 Å². The Bertz CT molecular complexity index is 580. The van der Waals surface area contributed by atoms with Crippen LogP contribution in [0.15, 0.2) is 42.6 Å². The van der Waals surface area contributed by atoms with Crippen LogP contribution < -0.4 is 0 Å². The number of nitrogens with zero attached hydrogens (tertiary/aromatic N) is 1. The van der Waals surface area contributed by atoms with Crippen molar-refractivity contribution in [3.05, 3.63) is 65.2 Å². The summed E-state index contributed by atoms with van der Waals surface area (Å²) in [6, 6.07) is 12.6. The Morgan fingerprint density at radius 3 is 2.05 bits per heavy atom. The van der Waals surface area contributed by atoms with E-state index < -0.39 is 0 Å². The number of benzene rings is 1. The van der Waals surface area contributed by atoms with Gasteiger partial charge in [0.15, 0.2) is 0 Å². The highest BCUT2D eigenvalue weighted by Gasteiger charge is 2.23. The third-order valence-electron chi connectivity index (χ3n) is 4.94. The number of hydrogen-bond donors (Lipinski definition) is 0. The third kappa shape index (κ3) is 3.55. The second kappa shape index (κ2) is 7.04. The highest BCUT2D eigenvalue weighted by atomic mass is 19.1. The van der Waals surface area contributed by atoms with Crippen molar-refractivity contribution >= 4 is 0 Å². The molecule has 0 aliphatic heterocycles. The zero-order valence-corrected chi connectivity index (χ0v) is 13.3. The fourth-order valence-corrected chi connectivity index (χ4v) is 3.63. The first kappa shape index (κ1) is 15.2. The zero-order chi connectivity index (χ0) is 15.4. The van der Waals surface area contributed by atoms with Crippen molar-refractivity contribution < 1.29 is 4.39 Å². The molecule has 1 saturated carbocycles. The summed E-state index contributed by atoms with van der Waals surface area (Å²) in [6.45, 7) is 2.22. The highest BCUT2D eigenvalue weighted by molar-refractivity contribution is 5.26. The van der Waals surface area contributed by atoms with E-state index in [1.54, 1.807) is 6.20 Å². The van der Waals surface area contributed by atoms with E-state index in [1.165, 1.54) is 61.3 Å². The molecule has 1 heterocycles. The SMILES string of the molecule is CCCc1ccc([C@H]2CC[C@H](c3ccc(F)nc3)CC2)cc1. The second-order valence-corrected chi connectivity index (χ2v) is 6.45. The first-order valence-electron chi connectivity index (χ1n) is 8.46. The van der Waals surface area contributed by atoms with E-state index in [1.807, 2.05) is 6.07 Å². The molecule has 0 unspecified atom stereocenters. The summed E-state index contributed by atoms with van der Waals surface area (Å²) in [5.74, 6) is 0.841. The summed E-state index contributed by atoms with van der Waals surface area (Å²) in [5, 5.41) is 0. The molecule has 3 rings (SSSR count). The van der Waals surface area contributed by atoms with Crippen molar-refractivity contribution in [3.8, 4) is 0 Å². The summed E-state index contributed by atoms with van der Waals surface area (Å²) in [5.41, 5.74) is 4.12. The molecule has 1 aromatic heterocycles. The van der Waals surface area contributed by atoms with Gasteiger partial charge in [-0.2, -0.15) is 4.39 Å². The molecule has 0 radical (unpaired) electrons. The van der Waals surface area contributed by atoms with Crippen LogP contribution in [0.5, 0.6) is 0 Å². The maximum atomic E-state index is 12.9. The molecule has 0 amide bonds. The minimum absolute atomic E-state index is 0.385. The maximum absolute atomic E-state index is 12.9. The number of rotatable bonds is 4. The summed E-state index contributed by atoms with van der Waals surface area (Å²) in [7, 11) is 0. The predicted molar refractivity (Wildman–Crippen MR) is 88.6 cm³/mol. The fourth-order valence-electron chi connectivity index (χ4n) is 3.63. The van der Waals surface area contributed by atoms with Crippen LogP contribution in [-0.4, -0.2) is 4.98 Å². The Balaban J connectivity index is 1.60. The third-order valence-corrected chi connectivity index (χ3v) is 4.94. The zero-order valence-electron chi connectivity index (χ0n) is 13.3. The van der Waals surface area contributed by atoms with Gasteiger partial charge in [-0.3, -0.25) is 0 Å². The maximum Gasteiger partial charge on any atom is 0.212 e. The molecule has 1 nitrogen and oxygen atoms in total. The van der Waals surface area contributed by atoms with E-state index in [0.29, 0.717) is 11.8 Å². The molecule has 2 heteroatoms. The topological polar surface area (TPSA) is 12.9 Å². The monoisotopic (exact) mass is 297 g/mol. The quantitative estimate of drug-likeness (QED) is 0.668. The molecule has 116 valence electrons. The predicted octanol–water partition coefficient (Wildman–Crippen LogP) is 5.61. The molecule has 1 aliphatic rings. The van der Waals surface area contributed by atoms with Gasteiger partial charge in [-0.25, -0.2) is 4.98 Å². The molecule has 1 fully saturated rings. The van der Waals surface area contributed by atoms with Gasteiger partial charge in [-0.05, 0) is 66.7 Å². The molecule has 2 aromatic rings. The highest BCUT2D eigenvalue weighted by Crippen LogP contribution is 2.40. The van der Waals surface area contributed by atoms with Crippen LogP contribution in [0, 0.1) is 5.95 Å². The lowest BCUT2D eigenvalue weighted by Gasteiger charge is -2.29. The summed E-state index contributed by atoms with van der Waals surface area (Å²) < 4.78 is 12.9. The Labute approximate surface area is 132 Å². The van der Waals surface area contributed by atoms with E-state index >= 15 is 0 Å². The Kier molecular flexibility index (Phi) is 4.87. The normalized spacial score (nSPS) is 21.7. The standard InChI is InChI=1S/C20H24FN/c1-2-3-15-4-6-16(7-5-15)17-8-10-18(11-9-17)19-12-13-20(21)22-14-19/h4-7,12-14,17-18H,2-3,8-11H2,1H3/t17-,18-. The van der Waals surface area contributed by atoms with E-state index in [4.69, 9.17) is 0 Å². The molecular weight excluding hydrogens is 273 g/mol. The van der Waals surface area contributed by atoms with Gasteiger partial charge < -0.3 is 0 Å². The van der Waals surface area contributed by atoms with Crippen LogP contribution in [0.25, 0.3) is 0 Å². The van der Waals surface area contributed by atoms with Crippen LogP contribution in [0.1, 0.15) is 67.6 Å². The smallest absolute Gasteiger partial charge is 0.212 e. The molecule has 0 bridgehead atoms. The molecular formula is C20H24FN. The van der Waals surface area contributed by atoms with Crippen LogP contribution >= 0.6 is 0 Å². The molecule has 1 aromatic carbocycles. The van der Waals surface area contributed by atoms with Crippen molar-refractivity contribution in [1.82, 2.24) is 4.98 Å². The first-order chi connectivity index (χ1) is 10.8. The van der Waals surface area contributed by atoms with Gasteiger partial charge in [0.2, 0.25) is 5.95 Å². The number of aryl methyl sites for hydroxylation is 1. The van der Waals surface area contributed by atoms with Crippen LogP contribution in [0.4, 0.5) is 4.39 Å². The molecule has 22 heavy (non-hydrogen) atoms. The minimum Gasteiger partial charge on any atom is -0.228 e. The van der Waals surface area contributed by atoms with Crippen LogP contribution in [0.2, 0.25) is 0 Å². The molecule has 0 saturated heterocycles. The van der Waals surface area contributed by atoms with E-state index in [2.05, 4.69) is 36.2 Å². The van der Waals surface area contributed by atoms with Gasteiger partial charge in [0.1, 0.15) is 0 Å². The lowest BCUT2D eigenvalue weighted by atomic mass is 9.76. The molecule has 0 atom stereocenters. The number of halogens is 1. The number of aromatic nitrogens is 1. The Morgan fingerprint density at radius 2 is 1.50 bits per heavy atom. The van der Waals surface area contributed by atoms with E-state index in [9.17, 15) is 4.39 Å². The molecule has 0 N–H and O–H groups in total. The Hall–Kier alpha value is -1.70. The average molecular weight is 297 g/mol. The average Bonchev–Trinajstić information content (AvgIpc) is 2.57. The van der Waals surface area contributed by atoms with Crippen molar-refractivity contribution in [1.29, 1.82) is 0 Å². The number of hydrogen-bond acceptors (Lipinski definition) is 1. The molecule has 0 spiro atoms. The van der Waals surface area contributed by atoms with Crippen molar-refractivity contribution in [2.45, 2.75) is 57.3 Å². The van der Waals surface area contributed by atoms with Crippen molar-refractivity contribution in [2.24, 2.45) is 0 Å². The largest absolute Gasteiger partial charge is 0.228 e. The summed E-state index contributed by atoms with van der Waals surface area (Å²) in [6.07, 6.45) is 8.87. The molecule has 1 aliphatic carbocycles. The van der Waals surface area contributed by atoms with Gasteiger partial charge in [0, 0.05) is 6.20 Å². The van der Waals surface area contributed by atoms with Gasteiger partial charge in [0.05, 0.1) is 0 Å². The van der Waals surface area contributed by atoms with Crippen LogP contribution in [0.3, 0.4) is 0 Å². The number of pyridine rings is 1. The summed E-state index contributed by atoms with van der Waals surface area (Å²) in [4.78, 5) is 3.79. The lowest BCUT2D eigenvalue weighted by Crippen LogP contribution is -2.12. The van der Waals surface area contributed by atoms with Crippen molar-refractivity contribution in [2.75, 3.05) is 0 Å². The van der Waals surface area contributed by atoms with Gasteiger partial charge in [-0.15, -0.1) is 0 Å². The van der Waals surface area contributed by atoms with Crippen molar-refractivity contribution in [3.63, 3.8) is 0 Å². The Morgan fingerprint density at radius 1 is 0.909 bits per heavy atom. The van der Waals surface area contributed by atoms with Gasteiger partial charge >= 0.3 is 0 Å².